The van der Waals surface area contributed by atoms with Gasteiger partial charge in [-0.25, -0.2) is 19.7 Å². The Kier molecular flexibility index (Phi) is 7.61. The number of fused-ring (bicyclic) bond motifs is 1. The predicted molar refractivity (Wildman–Crippen MR) is 138 cm³/mol. The number of carbonyl (C=O) groups is 1. The minimum atomic E-state index is -1.26. The van der Waals surface area contributed by atoms with Gasteiger partial charge in [0.25, 0.3) is 0 Å². The number of hydrogen-bond acceptors (Lipinski definition) is 10. The number of aliphatic hydroxyl groups excluding tert-OH is 2. The summed E-state index contributed by atoms with van der Waals surface area (Å²) >= 11 is 0. The quantitative estimate of drug-likeness (QED) is 0.282. The van der Waals surface area contributed by atoms with E-state index < -0.39 is 30.5 Å². The van der Waals surface area contributed by atoms with Crippen molar-refractivity contribution in [2.45, 2.75) is 30.5 Å². The molecule has 38 heavy (non-hydrogen) atoms. The van der Waals surface area contributed by atoms with Crippen LogP contribution in [-0.2, 0) is 14.2 Å². The molecule has 1 fully saturated rings. The molecule has 4 aromatic rings. The molecule has 3 N–H and O–H groups in total. The van der Waals surface area contributed by atoms with E-state index in [1.54, 1.807) is 0 Å². The Balaban J connectivity index is 1.52. The number of ether oxygens (including phenoxy) is 3. The van der Waals surface area contributed by atoms with E-state index in [0.29, 0.717) is 17.9 Å². The Bertz CT molecular complexity index is 1340. The SMILES string of the molecule is COC[C@H]1O[C@@H](n2cnc3c(NCC(c4ccccc4)c4ccccc4)nc(C(=O)OC)nc32)[C@H](O)[C@H]1O. The summed E-state index contributed by atoms with van der Waals surface area (Å²) < 4.78 is 17.3. The van der Waals surface area contributed by atoms with Crippen LogP contribution in [0.2, 0.25) is 0 Å². The number of hydrogen-bond donors (Lipinski definition) is 3. The highest BCUT2D eigenvalue weighted by Gasteiger charge is 2.44. The number of aliphatic hydroxyl groups is 2. The molecular weight excluding hydrogens is 490 g/mol. The highest BCUT2D eigenvalue weighted by atomic mass is 16.6. The third-order valence-electron chi connectivity index (χ3n) is 6.61. The van der Waals surface area contributed by atoms with Gasteiger partial charge in [0, 0.05) is 19.6 Å². The van der Waals surface area contributed by atoms with Crippen LogP contribution in [0.1, 0.15) is 33.9 Å². The Morgan fingerprint density at radius 3 is 2.29 bits per heavy atom. The zero-order valence-corrected chi connectivity index (χ0v) is 21.0. The van der Waals surface area contributed by atoms with Crippen molar-refractivity contribution in [2.24, 2.45) is 0 Å². The zero-order chi connectivity index (χ0) is 26.6. The van der Waals surface area contributed by atoms with Crippen molar-refractivity contribution in [3.63, 3.8) is 0 Å². The van der Waals surface area contributed by atoms with E-state index >= 15 is 0 Å². The smallest absolute Gasteiger partial charge is 0.376 e. The van der Waals surface area contributed by atoms with E-state index in [0.717, 1.165) is 11.1 Å². The second kappa shape index (κ2) is 11.2. The van der Waals surface area contributed by atoms with Crippen molar-refractivity contribution in [2.75, 3.05) is 32.7 Å². The third kappa shape index (κ3) is 4.96. The fourth-order valence-corrected chi connectivity index (χ4v) is 4.67. The average Bonchev–Trinajstić information content (AvgIpc) is 3.50. The van der Waals surface area contributed by atoms with Crippen LogP contribution in [0.3, 0.4) is 0 Å². The van der Waals surface area contributed by atoms with Gasteiger partial charge in [0.05, 0.1) is 20.0 Å². The van der Waals surface area contributed by atoms with Crippen molar-refractivity contribution in [3.05, 3.63) is 83.9 Å². The van der Waals surface area contributed by atoms with Crippen LogP contribution < -0.4 is 5.32 Å². The summed E-state index contributed by atoms with van der Waals surface area (Å²) in [6.45, 7) is 0.543. The molecule has 0 radical (unpaired) electrons. The number of nitrogens with zero attached hydrogens (tertiary/aromatic N) is 4. The predicted octanol–water partition coefficient (Wildman–Crippen LogP) is 2.12. The lowest BCUT2D eigenvalue weighted by Crippen LogP contribution is -2.33. The molecule has 198 valence electrons. The van der Waals surface area contributed by atoms with Crippen LogP contribution in [0.25, 0.3) is 11.2 Å². The molecular formula is C27H29N5O6. The van der Waals surface area contributed by atoms with Gasteiger partial charge in [0.1, 0.15) is 18.3 Å². The zero-order valence-electron chi connectivity index (χ0n) is 21.0. The summed E-state index contributed by atoms with van der Waals surface area (Å²) in [6.07, 6.45) is -2.73. The second-order valence-electron chi connectivity index (χ2n) is 8.97. The standard InChI is InChI=1S/C27H29N5O6/c1-36-14-19-21(33)22(34)26(38-19)32-15-29-20-23(30-24(27(35)37-2)31-25(20)32)28-13-18(16-9-5-3-6-10-16)17-11-7-4-8-12-17/h3-12,15,18-19,21-22,26,33-34H,13-14H2,1-2H3,(H,28,30,31)/t19-,21+,22-,26-/m1/s1. The molecule has 0 unspecified atom stereocenters. The summed E-state index contributed by atoms with van der Waals surface area (Å²) in [5, 5.41) is 24.4. The summed E-state index contributed by atoms with van der Waals surface area (Å²) in [4.78, 5) is 25.7. The summed E-state index contributed by atoms with van der Waals surface area (Å²) in [7, 11) is 2.73. The van der Waals surface area contributed by atoms with E-state index in [2.05, 4.69) is 44.5 Å². The number of rotatable bonds is 9. The van der Waals surface area contributed by atoms with Gasteiger partial charge in [0.15, 0.2) is 23.2 Å². The summed E-state index contributed by atoms with van der Waals surface area (Å²) in [6, 6.07) is 20.1. The lowest BCUT2D eigenvalue weighted by atomic mass is 9.91. The summed E-state index contributed by atoms with van der Waals surface area (Å²) in [5.74, 6) is -0.597. The van der Waals surface area contributed by atoms with Crippen LogP contribution >= 0.6 is 0 Å². The van der Waals surface area contributed by atoms with E-state index in [4.69, 9.17) is 14.2 Å². The van der Waals surface area contributed by atoms with Gasteiger partial charge in [0.2, 0.25) is 5.82 Å². The molecule has 0 spiro atoms. The van der Waals surface area contributed by atoms with Crippen LogP contribution in [0, 0.1) is 0 Å². The maximum atomic E-state index is 12.5. The van der Waals surface area contributed by atoms with Gasteiger partial charge in [-0.1, -0.05) is 60.7 Å². The van der Waals surface area contributed by atoms with Crippen molar-refractivity contribution < 1.29 is 29.2 Å². The molecule has 2 aromatic carbocycles. The first-order chi connectivity index (χ1) is 18.5. The Labute approximate surface area is 219 Å². The fourth-order valence-electron chi connectivity index (χ4n) is 4.67. The molecule has 0 bridgehead atoms. The molecule has 11 heteroatoms. The average molecular weight is 520 g/mol. The maximum absolute atomic E-state index is 12.5. The molecule has 3 heterocycles. The van der Waals surface area contributed by atoms with Crippen molar-refractivity contribution in [3.8, 4) is 0 Å². The van der Waals surface area contributed by atoms with Gasteiger partial charge in [-0.2, -0.15) is 0 Å². The van der Waals surface area contributed by atoms with Gasteiger partial charge in [-0.05, 0) is 11.1 Å². The van der Waals surface area contributed by atoms with Crippen LogP contribution in [-0.4, -0.2) is 81.4 Å². The molecule has 4 atom stereocenters. The van der Waals surface area contributed by atoms with Crippen molar-refractivity contribution >= 4 is 23.0 Å². The summed E-state index contributed by atoms with van der Waals surface area (Å²) in [5.41, 5.74) is 2.83. The minimum absolute atomic E-state index is 0.0176. The Hall–Kier alpha value is -3.90. The fraction of sp³-hybridized carbons (Fsp3) is 0.333. The monoisotopic (exact) mass is 519 g/mol. The van der Waals surface area contributed by atoms with Crippen LogP contribution in [0.15, 0.2) is 67.0 Å². The van der Waals surface area contributed by atoms with Gasteiger partial charge >= 0.3 is 5.97 Å². The number of carbonyl (C=O) groups excluding carboxylic acids is 1. The van der Waals surface area contributed by atoms with E-state index in [1.165, 1.54) is 25.1 Å². The number of nitrogens with one attached hydrogen (secondary N) is 1. The maximum Gasteiger partial charge on any atom is 0.376 e. The molecule has 1 aliphatic rings. The lowest BCUT2D eigenvalue weighted by molar-refractivity contribution is -0.0580. The first kappa shape index (κ1) is 25.7. The molecule has 0 amide bonds. The highest BCUT2D eigenvalue weighted by Crippen LogP contribution is 2.33. The van der Waals surface area contributed by atoms with Crippen molar-refractivity contribution in [1.82, 2.24) is 19.5 Å². The molecule has 11 nitrogen and oxygen atoms in total. The number of methoxy groups -OCH3 is 2. The first-order valence-electron chi connectivity index (χ1n) is 12.2. The van der Waals surface area contributed by atoms with Crippen molar-refractivity contribution in [1.29, 1.82) is 0 Å². The van der Waals surface area contributed by atoms with E-state index in [-0.39, 0.29) is 24.0 Å². The number of benzene rings is 2. The first-order valence-corrected chi connectivity index (χ1v) is 12.2. The number of imidazole rings is 1. The second-order valence-corrected chi connectivity index (χ2v) is 8.97. The lowest BCUT2D eigenvalue weighted by Gasteiger charge is -2.20. The van der Waals surface area contributed by atoms with Gasteiger partial charge in [-0.3, -0.25) is 4.57 Å². The van der Waals surface area contributed by atoms with E-state index in [1.807, 2.05) is 36.4 Å². The minimum Gasteiger partial charge on any atom is -0.463 e. The molecule has 1 aliphatic heterocycles. The molecule has 0 aliphatic carbocycles. The normalized spacial score (nSPS) is 21.2. The number of aromatic nitrogens is 4. The number of anilines is 1. The van der Waals surface area contributed by atoms with E-state index in [9.17, 15) is 15.0 Å². The highest BCUT2D eigenvalue weighted by molar-refractivity contribution is 5.91. The van der Waals surface area contributed by atoms with Gasteiger partial charge in [-0.15, -0.1) is 0 Å². The Morgan fingerprint density at radius 1 is 1.03 bits per heavy atom. The molecule has 0 saturated carbocycles. The molecule has 1 saturated heterocycles. The Morgan fingerprint density at radius 2 is 1.68 bits per heavy atom. The van der Waals surface area contributed by atoms with Gasteiger partial charge < -0.3 is 29.7 Å². The number of esters is 1. The molecule has 2 aromatic heterocycles. The topological polar surface area (TPSA) is 141 Å². The molecule has 5 rings (SSSR count). The third-order valence-corrected chi connectivity index (χ3v) is 6.61. The van der Waals surface area contributed by atoms with Crippen LogP contribution in [0.5, 0.6) is 0 Å². The van der Waals surface area contributed by atoms with Crippen LogP contribution in [0.4, 0.5) is 5.82 Å². The largest absolute Gasteiger partial charge is 0.463 e.